The molecule has 1 aromatic carbocycles. The zero-order valence-electron chi connectivity index (χ0n) is 9.81. The van der Waals surface area contributed by atoms with E-state index in [1.54, 1.807) is 14.0 Å². The van der Waals surface area contributed by atoms with Crippen LogP contribution < -0.4 is 4.74 Å². The summed E-state index contributed by atoms with van der Waals surface area (Å²) in [6.07, 6.45) is -0.518. The maximum atomic E-state index is 9.76. The smallest absolute Gasteiger partial charge is 0.128 e. The normalized spacial score (nSPS) is 12.7. The molecule has 2 nitrogen and oxygen atoms in total. The van der Waals surface area contributed by atoms with E-state index in [4.69, 9.17) is 4.74 Å². The lowest BCUT2D eigenvalue weighted by Gasteiger charge is -2.20. The highest BCUT2D eigenvalue weighted by molar-refractivity contribution is 9.10. The Kier molecular flexibility index (Phi) is 3.79. The van der Waals surface area contributed by atoms with Crippen molar-refractivity contribution >= 4 is 15.9 Å². The van der Waals surface area contributed by atoms with E-state index in [1.165, 1.54) is 0 Å². The molecule has 0 heterocycles. The summed E-state index contributed by atoms with van der Waals surface area (Å²) in [7, 11) is 1.64. The van der Waals surface area contributed by atoms with Crippen molar-refractivity contribution in [2.45, 2.75) is 33.8 Å². The zero-order chi connectivity index (χ0) is 11.7. The maximum Gasteiger partial charge on any atom is 0.128 e. The van der Waals surface area contributed by atoms with Gasteiger partial charge < -0.3 is 9.84 Å². The van der Waals surface area contributed by atoms with E-state index >= 15 is 0 Å². The van der Waals surface area contributed by atoms with E-state index < -0.39 is 6.10 Å². The van der Waals surface area contributed by atoms with Gasteiger partial charge in [0.1, 0.15) is 5.75 Å². The first-order chi connectivity index (χ1) is 6.91. The minimum atomic E-state index is -0.518. The van der Waals surface area contributed by atoms with Crippen LogP contribution in [-0.4, -0.2) is 12.2 Å². The lowest BCUT2D eigenvalue weighted by Crippen LogP contribution is -2.04. The lowest BCUT2D eigenvalue weighted by atomic mass is 9.96. The molecule has 0 spiro atoms. The van der Waals surface area contributed by atoms with Crippen LogP contribution in [0.3, 0.4) is 0 Å². The standard InChI is InChI=1S/C12H17BrO2/c1-6-7(2)12(15-5)10(9(4)14)8(3)11(6)13/h9,14H,1-5H3. The van der Waals surface area contributed by atoms with Gasteiger partial charge in [-0.1, -0.05) is 15.9 Å². The van der Waals surface area contributed by atoms with Crippen molar-refractivity contribution < 1.29 is 9.84 Å². The predicted molar refractivity (Wildman–Crippen MR) is 65.5 cm³/mol. The molecule has 1 rings (SSSR count). The highest BCUT2D eigenvalue weighted by Gasteiger charge is 2.19. The van der Waals surface area contributed by atoms with E-state index in [9.17, 15) is 5.11 Å². The molecule has 1 aromatic rings. The molecule has 1 atom stereocenters. The van der Waals surface area contributed by atoms with E-state index in [0.717, 1.165) is 32.5 Å². The van der Waals surface area contributed by atoms with Gasteiger partial charge >= 0.3 is 0 Å². The molecule has 0 bridgehead atoms. The van der Waals surface area contributed by atoms with Crippen molar-refractivity contribution in [2.75, 3.05) is 7.11 Å². The number of methoxy groups -OCH3 is 1. The highest BCUT2D eigenvalue weighted by Crippen LogP contribution is 2.38. The fourth-order valence-corrected chi connectivity index (χ4v) is 2.38. The van der Waals surface area contributed by atoms with Crippen LogP contribution in [0.25, 0.3) is 0 Å². The molecule has 0 aromatic heterocycles. The van der Waals surface area contributed by atoms with E-state index in [0.29, 0.717) is 0 Å². The van der Waals surface area contributed by atoms with Gasteiger partial charge in [0.05, 0.1) is 13.2 Å². The van der Waals surface area contributed by atoms with Gasteiger partial charge in [-0.2, -0.15) is 0 Å². The second-order valence-corrected chi connectivity index (χ2v) is 4.60. The molecule has 0 aliphatic heterocycles. The second kappa shape index (κ2) is 4.54. The van der Waals surface area contributed by atoms with Crippen molar-refractivity contribution in [3.8, 4) is 5.75 Å². The van der Waals surface area contributed by atoms with Crippen molar-refractivity contribution in [1.29, 1.82) is 0 Å². The van der Waals surface area contributed by atoms with Crippen LogP contribution in [0.4, 0.5) is 0 Å². The summed E-state index contributed by atoms with van der Waals surface area (Å²) in [5.74, 6) is 0.795. The molecule has 0 radical (unpaired) electrons. The summed E-state index contributed by atoms with van der Waals surface area (Å²) >= 11 is 3.55. The molecular formula is C12H17BrO2. The molecule has 0 aliphatic rings. The first-order valence-corrected chi connectivity index (χ1v) is 5.72. The Hall–Kier alpha value is -0.540. The van der Waals surface area contributed by atoms with E-state index in [2.05, 4.69) is 15.9 Å². The van der Waals surface area contributed by atoms with Gasteiger partial charge in [-0.3, -0.25) is 0 Å². The number of benzene rings is 1. The summed E-state index contributed by atoms with van der Waals surface area (Å²) in [5, 5.41) is 9.76. The second-order valence-electron chi connectivity index (χ2n) is 3.81. The summed E-state index contributed by atoms with van der Waals surface area (Å²) in [6.45, 7) is 7.79. The fraction of sp³-hybridized carbons (Fsp3) is 0.500. The van der Waals surface area contributed by atoms with E-state index in [-0.39, 0.29) is 0 Å². The van der Waals surface area contributed by atoms with Gasteiger partial charge in [0, 0.05) is 10.0 Å². The highest BCUT2D eigenvalue weighted by atomic mass is 79.9. The number of hydrogen-bond acceptors (Lipinski definition) is 2. The summed E-state index contributed by atoms with van der Waals surface area (Å²) in [4.78, 5) is 0. The first-order valence-electron chi connectivity index (χ1n) is 4.93. The molecule has 0 amide bonds. The van der Waals surface area contributed by atoms with Crippen LogP contribution in [0.2, 0.25) is 0 Å². The van der Waals surface area contributed by atoms with Crippen molar-refractivity contribution in [3.63, 3.8) is 0 Å². The molecule has 0 saturated carbocycles. The van der Waals surface area contributed by atoms with Gasteiger partial charge in [-0.15, -0.1) is 0 Å². The fourth-order valence-electron chi connectivity index (χ4n) is 1.87. The van der Waals surface area contributed by atoms with Gasteiger partial charge in [0.25, 0.3) is 0 Å². The molecular weight excluding hydrogens is 256 g/mol. The van der Waals surface area contributed by atoms with Gasteiger partial charge in [0.2, 0.25) is 0 Å². The number of aliphatic hydroxyl groups excluding tert-OH is 1. The van der Waals surface area contributed by atoms with Crippen LogP contribution >= 0.6 is 15.9 Å². The molecule has 84 valence electrons. The largest absolute Gasteiger partial charge is 0.496 e. The third-order valence-corrected chi connectivity index (χ3v) is 4.02. The molecule has 0 saturated heterocycles. The SMILES string of the molecule is COc1c(C)c(C)c(Br)c(C)c1C(C)O. The Morgan fingerprint density at radius 2 is 1.67 bits per heavy atom. The van der Waals surface area contributed by atoms with Crippen LogP contribution in [0, 0.1) is 20.8 Å². The number of halogens is 1. The number of aliphatic hydroxyl groups is 1. The molecule has 3 heteroatoms. The first kappa shape index (κ1) is 12.5. The zero-order valence-corrected chi connectivity index (χ0v) is 11.4. The minimum absolute atomic E-state index is 0.518. The number of rotatable bonds is 2. The van der Waals surface area contributed by atoms with Crippen molar-refractivity contribution in [3.05, 3.63) is 26.7 Å². The van der Waals surface area contributed by atoms with Crippen molar-refractivity contribution in [2.24, 2.45) is 0 Å². The van der Waals surface area contributed by atoms with Gasteiger partial charge in [-0.05, 0) is 44.4 Å². The topological polar surface area (TPSA) is 29.5 Å². The third-order valence-electron chi connectivity index (χ3n) is 2.83. The number of ether oxygens (including phenoxy) is 1. The Morgan fingerprint density at radius 3 is 2.07 bits per heavy atom. The summed E-state index contributed by atoms with van der Waals surface area (Å²) in [5.41, 5.74) is 4.15. The molecule has 1 unspecified atom stereocenters. The molecule has 15 heavy (non-hydrogen) atoms. The number of hydrogen-bond donors (Lipinski definition) is 1. The predicted octanol–water partition coefficient (Wildman–Crippen LogP) is 3.44. The van der Waals surface area contributed by atoms with Crippen LogP contribution in [0.5, 0.6) is 5.75 Å². The Bertz CT molecular complexity index is 384. The summed E-state index contributed by atoms with van der Waals surface area (Å²) in [6, 6.07) is 0. The Morgan fingerprint density at radius 1 is 1.13 bits per heavy atom. The molecule has 1 N–H and O–H groups in total. The van der Waals surface area contributed by atoms with Gasteiger partial charge in [-0.25, -0.2) is 0 Å². The average molecular weight is 273 g/mol. The van der Waals surface area contributed by atoms with E-state index in [1.807, 2.05) is 20.8 Å². The maximum absolute atomic E-state index is 9.76. The van der Waals surface area contributed by atoms with Crippen LogP contribution in [0.1, 0.15) is 35.3 Å². The molecule has 0 fully saturated rings. The minimum Gasteiger partial charge on any atom is -0.496 e. The van der Waals surface area contributed by atoms with Crippen molar-refractivity contribution in [1.82, 2.24) is 0 Å². The Balaban J connectivity index is 3.62. The lowest BCUT2D eigenvalue weighted by molar-refractivity contribution is 0.193. The van der Waals surface area contributed by atoms with Gasteiger partial charge in [0.15, 0.2) is 0 Å². The Labute approximate surface area is 99.4 Å². The summed E-state index contributed by atoms with van der Waals surface area (Å²) < 4.78 is 6.43. The average Bonchev–Trinajstić information content (AvgIpc) is 2.19. The quantitative estimate of drug-likeness (QED) is 0.894. The van der Waals surface area contributed by atoms with Crippen LogP contribution in [-0.2, 0) is 0 Å². The molecule has 0 aliphatic carbocycles. The third kappa shape index (κ3) is 2.04. The van der Waals surface area contributed by atoms with Crippen LogP contribution in [0.15, 0.2) is 4.47 Å². The monoisotopic (exact) mass is 272 g/mol.